The molecule has 0 aliphatic carbocycles. The van der Waals surface area contributed by atoms with Crippen LogP contribution in [0.4, 0.5) is 5.69 Å². The number of fused-ring (bicyclic) bond motifs is 1. The summed E-state index contributed by atoms with van der Waals surface area (Å²) < 4.78 is 18.4. The van der Waals surface area contributed by atoms with Crippen molar-refractivity contribution in [2.24, 2.45) is 4.99 Å². The van der Waals surface area contributed by atoms with Crippen LogP contribution >= 0.6 is 11.3 Å². The van der Waals surface area contributed by atoms with E-state index in [-0.39, 0.29) is 18.1 Å². The number of hydrogen-bond donors (Lipinski definition) is 1. The first kappa shape index (κ1) is 27.4. The molecule has 9 nitrogen and oxygen atoms in total. The van der Waals surface area contributed by atoms with E-state index in [1.807, 2.05) is 24.3 Å². The monoisotopic (exact) mass is 566 g/mol. The van der Waals surface area contributed by atoms with E-state index in [0.29, 0.717) is 49.1 Å². The molecule has 2 heterocycles. The molecular weight excluding hydrogens is 540 g/mol. The summed E-state index contributed by atoms with van der Waals surface area (Å²) in [5.41, 5.74) is 2.54. The molecule has 1 aliphatic heterocycles. The van der Waals surface area contributed by atoms with Crippen LogP contribution in [0.3, 0.4) is 0 Å². The first-order valence-corrected chi connectivity index (χ1v) is 13.5. The highest BCUT2D eigenvalue weighted by molar-refractivity contribution is 7.07. The Bertz CT molecular complexity index is 1850. The number of methoxy groups -OCH3 is 2. The van der Waals surface area contributed by atoms with Crippen LogP contribution in [0.25, 0.3) is 6.08 Å². The highest BCUT2D eigenvalue weighted by Gasteiger charge is 2.34. The molecule has 3 aromatic carbocycles. The van der Waals surface area contributed by atoms with Crippen LogP contribution in [0.1, 0.15) is 24.1 Å². The Kier molecular flexibility index (Phi) is 7.99. The number of nitriles is 1. The lowest BCUT2D eigenvalue weighted by atomic mass is 9.94. The number of benzene rings is 3. The minimum absolute atomic E-state index is 0.0493. The van der Waals surface area contributed by atoms with Crippen LogP contribution < -0.4 is 34.4 Å². The summed E-state index contributed by atoms with van der Waals surface area (Å²) in [4.78, 5) is 32.9. The highest BCUT2D eigenvalue weighted by Crippen LogP contribution is 2.37. The van der Waals surface area contributed by atoms with E-state index >= 15 is 0 Å². The molecule has 0 unspecified atom stereocenters. The molecule has 0 spiro atoms. The largest absolute Gasteiger partial charge is 0.497 e. The lowest BCUT2D eigenvalue weighted by Crippen LogP contribution is -2.40. The second kappa shape index (κ2) is 11.9. The van der Waals surface area contributed by atoms with E-state index in [1.54, 1.807) is 74.7 Å². The van der Waals surface area contributed by atoms with Crippen molar-refractivity contribution in [3.8, 4) is 23.3 Å². The Morgan fingerprint density at radius 1 is 1.07 bits per heavy atom. The van der Waals surface area contributed by atoms with Gasteiger partial charge in [0, 0.05) is 17.3 Å². The molecule has 206 valence electrons. The summed E-state index contributed by atoms with van der Waals surface area (Å²) in [5.74, 6) is 1.23. The second-order valence-electron chi connectivity index (χ2n) is 9.03. The zero-order valence-corrected chi connectivity index (χ0v) is 23.4. The Hall–Kier alpha value is -5.14. The Morgan fingerprint density at radius 3 is 2.49 bits per heavy atom. The second-order valence-corrected chi connectivity index (χ2v) is 10.0. The number of nitrogens with zero attached hydrogens (tertiary/aromatic N) is 3. The van der Waals surface area contributed by atoms with E-state index in [0.717, 1.165) is 5.56 Å². The van der Waals surface area contributed by atoms with Crippen molar-refractivity contribution in [3.63, 3.8) is 0 Å². The molecule has 0 radical (unpaired) electrons. The van der Waals surface area contributed by atoms with Crippen LogP contribution in [-0.4, -0.2) is 31.3 Å². The number of nitrogens with one attached hydrogen (secondary N) is 1. The molecule has 1 amide bonds. The van der Waals surface area contributed by atoms with Crippen LogP contribution in [-0.2, 0) is 4.79 Å². The zero-order chi connectivity index (χ0) is 28.9. The average molecular weight is 567 g/mol. The summed E-state index contributed by atoms with van der Waals surface area (Å²) in [5, 5.41) is 11.7. The fourth-order valence-corrected chi connectivity index (χ4v) is 5.64. The van der Waals surface area contributed by atoms with Crippen LogP contribution in [0, 0.1) is 11.3 Å². The zero-order valence-electron chi connectivity index (χ0n) is 22.6. The van der Waals surface area contributed by atoms with Crippen molar-refractivity contribution >= 4 is 29.0 Å². The smallest absolute Gasteiger partial charge is 0.271 e. The van der Waals surface area contributed by atoms with Gasteiger partial charge in [0.2, 0.25) is 0 Å². The third kappa shape index (κ3) is 5.62. The fourth-order valence-electron chi connectivity index (χ4n) is 4.60. The maximum atomic E-state index is 14.0. The van der Waals surface area contributed by atoms with Crippen LogP contribution in [0.2, 0.25) is 0 Å². The molecule has 0 saturated carbocycles. The average Bonchev–Trinajstić information content (AvgIpc) is 3.29. The molecule has 1 aromatic heterocycles. The topological polar surface area (TPSA) is 115 Å². The molecule has 1 aliphatic rings. The fraction of sp³-hybridized carbons (Fsp3) is 0.161. The predicted octanol–water partition coefficient (Wildman–Crippen LogP) is 3.79. The minimum atomic E-state index is -0.806. The normalized spacial score (nSPS) is 14.5. The van der Waals surface area contributed by atoms with Crippen molar-refractivity contribution in [1.82, 2.24) is 4.57 Å². The SMILES string of the molecule is COc1ccc([C@H]2C(C(=O)Nc3ccccc3)=C(C)N=c3s/c(=C\c4ccc(OCC#N)cc4)c(=O)n32)c(OC)c1. The van der Waals surface area contributed by atoms with Gasteiger partial charge >= 0.3 is 0 Å². The summed E-state index contributed by atoms with van der Waals surface area (Å²) >= 11 is 1.24. The molecule has 0 saturated heterocycles. The van der Waals surface area contributed by atoms with Gasteiger partial charge in [-0.2, -0.15) is 5.26 Å². The quantitative estimate of drug-likeness (QED) is 0.347. The number of thiazole rings is 1. The highest BCUT2D eigenvalue weighted by atomic mass is 32.1. The molecule has 1 N–H and O–H groups in total. The Morgan fingerprint density at radius 2 is 1.80 bits per heavy atom. The lowest BCUT2D eigenvalue weighted by Gasteiger charge is -2.26. The van der Waals surface area contributed by atoms with E-state index in [9.17, 15) is 9.59 Å². The lowest BCUT2D eigenvalue weighted by molar-refractivity contribution is -0.113. The molecule has 0 bridgehead atoms. The molecule has 1 atom stereocenters. The number of carbonyl (C=O) groups excluding carboxylic acids is 1. The van der Waals surface area contributed by atoms with E-state index in [1.165, 1.54) is 23.0 Å². The number of aromatic nitrogens is 1. The first-order valence-electron chi connectivity index (χ1n) is 12.6. The Balaban J connectivity index is 1.65. The number of para-hydroxylation sites is 1. The van der Waals surface area contributed by atoms with Gasteiger partial charge in [-0.05, 0) is 55.0 Å². The van der Waals surface area contributed by atoms with E-state index in [4.69, 9.17) is 24.5 Å². The maximum absolute atomic E-state index is 14.0. The summed E-state index contributed by atoms with van der Waals surface area (Å²) in [7, 11) is 3.09. The number of carbonyl (C=O) groups is 1. The third-order valence-corrected chi connectivity index (χ3v) is 7.50. The molecular formula is C31H26N4O5S. The number of ether oxygens (including phenoxy) is 3. The molecule has 5 rings (SSSR count). The van der Waals surface area contributed by atoms with Gasteiger partial charge in [-0.1, -0.05) is 41.7 Å². The van der Waals surface area contributed by atoms with Crippen LogP contribution in [0.5, 0.6) is 17.2 Å². The van der Waals surface area contributed by atoms with Gasteiger partial charge in [0.05, 0.1) is 30.0 Å². The minimum Gasteiger partial charge on any atom is -0.497 e. The van der Waals surface area contributed by atoms with E-state index < -0.39 is 6.04 Å². The molecule has 10 heteroatoms. The molecule has 4 aromatic rings. The Labute approximate surface area is 239 Å². The van der Waals surface area contributed by atoms with Gasteiger partial charge in [-0.15, -0.1) is 0 Å². The van der Waals surface area contributed by atoms with E-state index in [2.05, 4.69) is 5.32 Å². The third-order valence-electron chi connectivity index (χ3n) is 6.51. The standard InChI is InChI=1S/C31H26N4O5S/c1-19-27(29(36)34-21-7-5-4-6-8-21)28(24-14-13-23(38-2)18-25(24)39-3)35-30(37)26(41-31(35)33-19)17-20-9-11-22(12-10-20)40-16-15-32/h4-14,17-18,28H,16H2,1-3H3,(H,34,36)/b26-17-/t28-/m0/s1. The van der Waals surface area contributed by atoms with Gasteiger partial charge in [0.15, 0.2) is 11.4 Å². The summed E-state index contributed by atoms with van der Waals surface area (Å²) in [6.45, 7) is 1.71. The summed E-state index contributed by atoms with van der Waals surface area (Å²) in [6.07, 6.45) is 1.77. The van der Waals surface area contributed by atoms with Crippen molar-refractivity contribution in [2.45, 2.75) is 13.0 Å². The van der Waals surface area contributed by atoms with Crippen molar-refractivity contribution in [3.05, 3.63) is 115 Å². The van der Waals surface area contributed by atoms with Gasteiger partial charge in [-0.3, -0.25) is 14.2 Å². The number of amides is 1. The maximum Gasteiger partial charge on any atom is 0.271 e. The number of anilines is 1. The number of rotatable bonds is 8. The van der Waals surface area contributed by atoms with Crippen LogP contribution in [0.15, 0.2) is 93.9 Å². The first-order chi connectivity index (χ1) is 19.9. The predicted molar refractivity (Wildman–Crippen MR) is 156 cm³/mol. The van der Waals surface area contributed by atoms with Crippen molar-refractivity contribution < 1.29 is 19.0 Å². The van der Waals surface area contributed by atoms with Gasteiger partial charge in [0.1, 0.15) is 29.4 Å². The number of allylic oxidation sites excluding steroid dienone is 1. The number of hydrogen-bond acceptors (Lipinski definition) is 8. The molecule has 0 fully saturated rings. The van der Waals surface area contributed by atoms with Gasteiger partial charge < -0.3 is 19.5 Å². The molecule has 41 heavy (non-hydrogen) atoms. The van der Waals surface area contributed by atoms with Gasteiger partial charge in [-0.25, -0.2) is 4.99 Å². The summed E-state index contributed by atoms with van der Waals surface area (Å²) in [6, 6.07) is 22.6. The van der Waals surface area contributed by atoms with Gasteiger partial charge in [0.25, 0.3) is 11.5 Å². The van der Waals surface area contributed by atoms with Crippen molar-refractivity contribution in [2.75, 3.05) is 26.1 Å². The van der Waals surface area contributed by atoms with Crippen molar-refractivity contribution in [1.29, 1.82) is 5.26 Å².